The van der Waals surface area contributed by atoms with Crippen molar-refractivity contribution in [3.8, 4) is 0 Å². The molecule has 1 saturated heterocycles. The van der Waals surface area contributed by atoms with Crippen LogP contribution in [0.4, 0.5) is 0 Å². The number of rotatable bonds is 2. The van der Waals surface area contributed by atoms with Crippen LogP contribution in [0, 0.1) is 13.8 Å². The monoisotopic (exact) mass is 246 g/mol. The second-order valence-electron chi connectivity index (χ2n) is 4.48. The van der Waals surface area contributed by atoms with Gasteiger partial charge in [-0.25, -0.2) is 4.99 Å². The Kier molecular flexibility index (Phi) is 3.65. The van der Waals surface area contributed by atoms with Gasteiger partial charge in [-0.2, -0.15) is 0 Å². The van der Waals surface area contributed by atoms with Crippen molar-refractivity contribution in [2.45, 2.75) is 27.3 Å². The summed E-state index contributed by atoms with van der Waals surface area (Å²) in [7, 11) is 0. The van der Waals surface area contributed by atoms with Gasteiger partial charge in [0.25, 0.3) is 6.02 Å². The second kappa shape index (κ2) is 5.21. The summed E-state index contributed by atoms with van der Waals surface area (Å²) >= 11 is 0. The highest BCUT2D eigenvalue weighted by molar-refractivity contribution is 5.94. The SMILES string of the molecule is CC(=O)N1CCOC1=NCc1cccc(C)c1C. The molecule has 2 rings (SSSR count). The van der Waals surface area contributed by atoms with Crippen molar-refractivity contribution in [2.75, 3.05) is 13.2 Å². The number of aliphatic imine (C=N–C) groups is 1. The predicted octanol–water partition coefficient (Wildman–Crippen LogP) is 2.04. The van der Waals surface area contributed by atoms with E-state index in [9.17, 15) is 4.79 Å². The number of benzene rings is 1. The molecule has 4 nitrogen and oxygen atoms in total. The topological polar surface area (TPSA) is 41.9 Å². The van der Waals surface area contributed by atoms with E-state index in [1.54, 1.807) is 4.90 Å². The van der Waals surface area contributed by atoms with Gasteiger partial charge in [-0.05, 0) is 30.5 Å². The molecule has 0 bridgehead atoms. The number of hydrogen-bond donors (Lipinski definition) is 0. The lowest BCUT2D eigenvalue weighted by molar-refractivity contribution is -0.124. The van der Waals surface area contributed by atoms with Crippen LogP contribution in [0.2, 0.25) is 0 Å². The number of carbonyl (C=O) groups is 1. The summed E-state index contributed by atoms with van der Waals surface area (Å²) in [6.07, 6.45) is 0. The molecule has 1 aromatic rings. The van der Waals surface area contributed by atoms with Crippen LogP contribution in [0.1, 0.15) is 23.6 Å². The molecule has 1 aliphatic rings. The van der Waals surface area contributed by atoms with Crippen LogP contribution in [-0.4, -0.2) is 30.0 Å². The minimum absolute atomic E-state index is 0.0211. The molecule has 4 heteroatoms. The molecule has 1 amide bonds. The van der Waals surface area contributed by atoms with Crippen molar-refractivity contribution in [1.29, 1.82) is 0 Å². The first-order valence-corrected chi connectivity index (χ1v) is 6.10. The summed E-state index contributed by atoms with van der Waals surface area (Å²) in [5.41, 5.74) is 3.67. The first-order chi connectivity index (χ1) is 8.59. The molecule has 0 N–H and O–H groups in total. The Labute approximate surface area is 107 Å². The third kappa shape index (κ3) is 2.53. The van der Waals surface area contributed by atoms with E-state index in [1.165, 1.54) is 23.6 Å². The first-order valence-electron chi connectivity index (χ1n) is 6.10. The number of nitrogens with zero attached hydrogens (tertiary/aromatic N) is 2. The lowest BCUT2D eigenvalue weighted by Crippen LogP contribution is -2.30. The molecule has 96 valence electrons. The zero-order chi connectivity index (χ0) is 13.1. The Hall–Kier alpha value is -1.84. The summed E-state index contributed by atoms with van der Waals surface area (Å²) in [6, 6.07) is 6.61. The molecule has 1 fully saturated rings. The largest absolute Gasteiger partial charge is 0.463 e. The van der Waals surface area contributed by atoms with Crippen molar-refractivity contribution >= 4 is 11.9 Å². The van der Waals surface area contributed by atoms with Crippen LogP contribution >= 0.6 is 0 Å². The van der Waals surface area contributed by atoms with Crippen molar-refractivity contribution in [2.24, 2.45) is 4.99 Å². The smallest absolute Gasteiger partial charge is 0.294 e. The van der Waals surface area contributed by atoms with Crippen molar-refractivity contribution in [3.05, 3.63) is 34.9 Å². The van der Waals surface area contributed by atoms with Crippen LogP contribution in [0.5, 0.6) is 0 Å². The minimum Gasteiger partial charge on any atom is -0.463 e. The minimum atomic E-state index is -0.0211. The zero-order valence-electron chi connectivity index (χ0n) is 11.1. The predicted molar refractivity (Wildman–Crippen MR) is 70.4 cm³/mol. The Morgan fingerprint density at radius 3 is 2.94 bits per heavy atom. The molecule has 0 spiro atoms. The number of ether oxygens (including phenoxy) is 1. The number of amidine groups is 1. The van der Waals surface area contributed by atoms with Crippen molar-refractivity contribution in [1.82, 2.24) is 4.90 Å². The van der Waals surface area contributed by atoms with Gasteiger partial charge >= 0.3 is 0 Å². The van der Waals surface area contributed by atoms with Crippen molar-refractivity contribution < 1.29 is 9.53 Å². The molecular weight excluding hydrogens is 228 g/mol. The lowest BCUT2D eigenvalue weighted by atomic mass is 10.0. The standard InChI is InChI=1S/C14H18N2O2/c1-10-5-4-6-13(11(10)2)9-15-14-16(12(3)17)7-8-18-14/h4-6H,7-9H2,1-3H3. The summed E-state index contributed by atoms with van der Waals surface area (Å²) in [4.78, 5) is 17.3. The fraction of sp³-hybridized carbons (Fsp3) is 0.429. The van der Waals surface area contributed by atoms with Gasteiger partial charge in [-0.1, -0.05) is 18.2 Å². The fourth-order valence-electron chi connectivity index (χ4n) is 1.96. The van der Waals surface area contributed by atoms with E-state index in [4.69, 9.17) is 4.74 Å². The Morgan fingerprint density at radius 2 is 2.22 bits per heavy atom. The van der Waals surface area contributed by atoms with Gasteiger partial charge in [0.15, 0.2) is 0 Å². The maximum absolute atomic E-state index is 11.4. The molecule has 1 heterocycles. The van der Waals surface area contributed by atoms with E-state index >= 15 is 0 Å². The van der Waals surface area contributed by atoms with Crippen molar-refractivity contribution in [3.63, 3.8) is 0 Å². The van der Waals surface area contributed by atoms with Gasteiger partial charge in [0.05, 0.1) is 13.1 Å². The van der Waals surface area contributed by atoms with Crippen LogP contribution < -0.4 is 0 Å². The Balaban J connectivity index is 2.15. The van der Waals surface area contributed by atoms with Crippen LogP contribution in [-0.2, 0) is 16.1 Å². The molecule has 0 aromatic heterocycles. The van der Waals surface area contributed by atoms with Gasteiger partial charge in [-0.3, -0.25) is 9.69 Å². The third-order valence-corrected chi connectivity index (χ3v) is 3.26. The highest BCUT2D eigenvalue weighted by Crippen LogP contribution is 2.14. The maximum Gasteiger partial charge on any atom is 0.294 e. The van der Waals surface area contributed by atoms with E-state index < -0.39 is 0 Å². The Morgan fingerprint density at radius 1 is 1.44 bits per heavy atom. The lowest BCUT2D eigenvalue weighted by Gasteiger charge is -2.11. The van der Waals surface area contributed by atoms with Gasteiger partial charge < -0.3 is 4.74 Å². The van der Waals surface area contributed by atoms with Gasteiger partial charge in [-0.15, -0.1) is 0 Å². The molecule has 0 aliphatic carbocycles. The molecule has 0 atom stereocenters. The quantitative estimate of drug-likeness (QED) is 0.801. The average Bonchev–Trinajstić information content (AvgIpc) is 2.79. The van der Waals surface area contributed by atoms with E-state index in [1.807, 2.05) is 6.07 Å². The summed E-state index contributed by atoms with van der Waals surface area (Å²) < 4.78 is 5.37. The molecule has 18 heavy (non-hydrogen) atoms. The van der Waals surface area contributed by atoms with Crippen LogP contribution in [0.25, 0.3) is 0 Å². The third-order valence-electron chi connectivity index (χ3n) is 3.26. The van der Waals surface area contributed by atoms with E-state index in [-0.39, 0.29) is 5.91 Å². The number of hydrogen-bond acceptors (Lipinski definition) is 3. The van der Waals surface area contributed by atoms with Gasteiger partial charge in [0.2, 0.25) is 5.91 Å². The normalized spacial score (nSPS) is 17.1. The highest BCUT2D eigenvalue weighted by atomic mass is 16.5. The van der Waals surface area contributed by atoms with Crippen LogP contribution in [0.15, 0.2) is 23.2 Å². The summed E-state index contributed by atoms with van der Waals surface area (Å²) in [5.74, 6) is -0.0211. The molecule has 0 radical (unpaired) electrons. The van der Waals surface area contributed by atoms with Gasteiger partial charge in [0.1, 0.15) is 6.61 Å². The van der Waals surface area contributed by atoms with Gasteiger partial charge in [0, 0.05) is 6.92 Å². The average molecular weight is 246 g/mol. The molecule has 1 aliphatic heterocycles. The van der Waals surface area contributed by atoms with E-state index in [2.05, 4.69) is 31.0 Å². The molecule has 0 saturated carbocycles. The maximum atomic E-state index is 11.4. The number of carbonyl (C=O) groups excluding carboxylic acids is 1. The summed E-state index contributed by atoms with van der Waals surface area (Å²) in [5, 5.41) is 0. The summed E-state index contributed by atoms with van der Waals surface area (Å²) in [6.45, 7) is 7.38. The molecular formula is C14H18N2O2. The highest BCUT2D eigenvalue weighted by Gasteiger charge is 2.23. The molecule has 1 aromatic carbocycles. The number of amides is 1. The number of aryl methyl sites for hydroxylation is 1. The fourth-order valence-corrected chi connectivity index (χ4v) is 1.96. The first kappa shape index (κ1) is 12.6. The van der Waals surface area contributed by atoms with E-state index in [0.717, 1.165) is 0 Å². The zero-order valence-corrected chi connectivity index (χ0v) is 11.1. The molecule has 0 unspecified atom stereocenters. The second-order valence-corrected chi connectivity index (χ2v) is 4.48. The van der Waals surface area contributed by atoms with Crippen LogP contribution in [0.3, 0.4) is 0 Å². The van der Waals surface area contributed by atoms with E-state index in [0.29, 0.717) is 25.7 Å². The Bertz CT molecular complexity index is 495.